The molecule has 2 fully saturated rings. The maximum atomic E-state index is 13.3. The van der Waals surface area contributed by atoms with Crippen molar-refractivity contribution >= 4 is 11.8 Å². The number of benzene rings is 1. The molecule has 0 radical (unpaired) electrons. The summed E-state index contributed by atoms with van der Waals surface area (Å²) < 4.78 is 13.5. The van der Waals surface area contributed by atoms with Gasteiger partial charge < -0.3 is 5.73 Å². The fourth-order valence-corrected chi connectivity index (χ4v) is 5.84. The summed E-state index contributed by atoms with van der Waals surface area (Å²) in [5, 5.41) is 0. The first kappa shape index (κ1) is 14.4. The highest BCUT2D eigenvalue weighted by atomic mass is 32.2. The quantitative estimate of drug-likeness (QED) is 0.870. The zero-order valence-corrected chi connectivity index (χ0v) is 12.9. The van der Waals surface area contributed by atoms with Crippen LogP contribution in [0.5, 0.6) is 0 Å². The minimum Gasteiger partial charge on any atom is -0.329 e. The van der Waals surface area contributed by atoms with Crippen molar-refractivity contribution in [2.75, 3.05) is 6.54 Å². The van der Waals surface area contributed by atoms with Crippen molar-refractivity contribution in [1.82, 2.24) is 0 Å². The Hall–Kier alpha value is -0.540. The van der Waals surface area contributed by atoms with Crippen molar-refractivity contribution < 1.29 is 4.39 Å². The maximum absolute atomic E-state index is 13.3. The highest BCUT2D eigenvalue weighted by molar-refractivity contribution is 8.00. The molecule has 0 heterocycles. The largest absolute Gasteiger partial charge is 0.329 e. The van der Waals surface area contributed by atoms with Gasteiger partial charge in [0.25, 0.3) is 0 Å². The Labute approximate surface area is 125 Å². The zero-order chi connectivity index (χ0) is 14.1. The van der Waals surface area contributed by atoms with Crippen molar-refractivity contribution in [3.05, 3.63) is 30.1 Å². The summed E-state index contributed by atoms with van der Waals surface area (Å²) in [6.45, 7) is 0.704. The molecule has 0 atom stereocenters. The molecule has 0 aromatic heterocycles. The van der Waals surface area contributed by atoms with Crippen LogP contribution in [0.4, 0.5) is 4.39 Å². The Morgan fingerprint density at radius 2 is 1.80 bits per heavy atom. The van der Waals surface area contributed by atoms with Gasteiger partial charge in [-0.05, 0) is 49.3 Å². The molecule has 0 bridgehead atoms. The summed E-state index contributed by atoms with van der Waals surface area (Å²) in [6, 6.07) is 6.94. The van der Waals surface area contributed by atoms with Crippen molar-refractivity contribution in [2.45, 2.75) is 61.0 Å². The fraction of sp³-hybridized carbons (Fsp3) is 0.647. The number of thioether (sulfide) groups is 1. The van der Waals surface area contributed by atoms with Crippen LogP contribution in [0.3, 0.4) is 0 Å². The van der Waals surface area contributed by atoms with E-state index in [4.69, 9.17) is 5.73 Å². The lowest BCUT2D eigenvalue weighted by atomic mass is 9.58. The van der Waals surface area contributed by atoms with Gasteiger partial charge in [-0.1, -0.05) is 31.7 Å². The van der Waals surface area contributed by atoms with Crippen LogP contribution >= 0.6 is 11.8 Å². The second kappa shape index (κ2) is 5.69. The number of rotatable bonds is 3. The molecule has 3 heteroatoms. The van der Waals surface area contributed by atoms with Gasteiger partial charge in [0.05, 0.1) is 0 Å². The molecule has 0 saturated heterocycles. The van der Waals surface area contributed by atoms with Gasteiger partial charge in [0.2, 0.25) is 0 Å². The maximum Gasteiger partial charge on any atom is 0.124 e. The molecule has 110 valence electrons. The Kier molecular flexibility index (Phi) is 4.09. The highest BCUT2D eigenvalue weighted by Crippen LogP contribution is 2.62. The Balaban J connectivity index is 1.68. The predicted octanol–water partition coefficient (Wildman–Crippen LogP) is 4.75. The lowest BCUT2D eigenvalue weighted by molar-refractivity contribution is 0.0659. The van der Waals surface area contributed by atoms with Crippen LogP contribution in [0.2, 0.25) is 0 Å². The van der Waals surface area contributed by atoms with E-state index >= 15 is 0 Å². The Morgan fingerprint density at radius 1 is 1.10 bits per heavy atom. The van der Waals surface area contributed by atoms with Gasteiger partial charge in [-0.15, -0.1) is 11.8 Å². The smallest absolute Gasteiger partial charge is 0.124 e. The molecule has 3 rings (SSSR count). The van der Waals surface area contributed by atoms with Crippen LogP contribution in [0.15, 0.2) is 29.2 Å². The van der Waals surface area contributed by atoms with Gasteiger partial charge in [-0.2, -0.15) is 0 Å². The van der Waals surface area contributed by atoms with E-state index in [0.717, 1.165) is 4.90 Å². The van der Waals surface area contributed by atoms with E-state index in [-0.39, 0.29) is 10.6 Å². The standard InChI is InChI=1S/C17H24FNS/c18-14-6-5-7-15(10-14)20-17(13-19)11-16(12-17)8-3-1-2-4-9-16/h5-7,10H,1-4,8-9,11-13,19H2. The number of hydrogen-bond donors (Lipinski definition) is 1. The van der Waals surface area contributed by atoms with Crippen LogP contribution in [0, 0.1) is 11.2 Å². The summed E-state index contributed by atoms with van der Waals surface area (Å²) in [6.07, 6.45) is 10.7. The SMILES string of the molecule is NCC1(Sc2cccc(F)c2)CC2(CCCCCC2)C1. The van der Waals surface area contributed by atoms with Crippen molar-refractivity contribution in [1.29, 1.82) is 0 Å². The lowest BCUT2D eigenvalue weighted by Gasteiger charge is -2.56. The molecule has 0 aliphatic heterocycles. The molecule has 2 saturated carbocycles. The lowest BCUT2D eigenvalue weighted by Crippen LogP contribution is -2.53. The van der Waals surface area contributed by atoms with Crippen LogP contribution in [0.1, 0.15) is 51.4 Å². The summed E-state index contributed by atoms with van der Waals surface area (Å²) in [7, 11) is 0. The molecule has 1 aromatic rings. The topological polar surface area (TPSA) is 26.0 Å². The molecule has 2 aliphatic carbocycles. The third-order valence-electron chi connectivity index (χ3n) is 5.06. The van der Waals surface area contributed by atoms with Gasteiger partial charge in [0, 0.05) is 16.2 Å². The van der Waals surface area contributed by atoms with E-state index in [1.807, 2.05) is 6.07 Å². The van der Waals surface area contributed by atoms with E-state index < -0.39 is 0 Å². The molecule has 1 nitrogen and oxygen atoms in total. The Morgan fingerprint density at radius 3 is 2.40 bits per heavy atom. The van der Waals surface area contributed by atoms with Crippen LogP contribution < -0.4 is 5.73 Å². The summed E-state index contributed by atoms with van der Waals surface area (Å²) in [4.78, 5) is 1.03. The molecular formula is C17H24FNS. The van der Waals surface area contributed by atoms with Crippen LogP contribution in [-0.2, 0) is 0 Å². The van der Waals surface area contributed by atoms with E-state index in [9.17, 15) is 4.39 Å². The molecular weight excluding hydrogens is 269 g/mol. The summed E-state index contributed by atoms with van der Waals surface area (Å²) >= 11 is 1.80. The molecule has 2 N–H and O–H groups in total. The van der Waals surface area contributed by atoms with E-state index in [0.29, 0.717) is 12.0 Å². The molecule has 0 unspecified atom stereocenters. The number of hydrogen-bond acceptors (Lipinski definition) is 2. The molecule has 1 spiro atoms. The third-order valence-corrected chi connectivity index (χ3v) is 6.44. The highest BCUT2D eigenvalue weighted by Gasteiger charge is 2.53. The monoisotopic (exact) mass is 293 g/mol. The van der Waals surface area contributed by atoms with Gasteiger partial charge in [-0.3, -0.25) is 0 Å². The van der Waals surface area contributed by atoms with E-state index in [1.54, 1.807) is 23.9 Å². The summed E-state index contributed by atoms with van der Waals surface area (Å²) in [5.74, 6) is -0.148. The first-order valence-electron chi connectivity index (χ1n) is 7.80. The molecule has 1 aromatic carbocycles. The van der Waals surface area contributed by atoms with Crippen molar-refractivity contribution in [2.24, 2.45) is 11.1 Å². The fourth-order valence-electron chi connectivity index (χ4n) is 4.19. The average molecular weight is 293 g/mol. The molecule has 0 amide bonds. The molecule has 2 aliphatic rings. The first-order chi connectivity index (χ1) is 9.65. The summed E-state index contributed by atoms with van der Waals surface area (Å²) in [5.41, 5.74) is 6.62. The second-order valence-corrected chi connectivity index (χ2v) is 8.26. The average Bonchev–Trinajstić information content (AvgIpc) is 2.63. The van der Waals surface area contributed by atoms with Crippen LogP contribution in [0.25, 0.3) is 0 Å². The third kappa shape index (κ3) is 2.89. The number of halogens is 1. The normalized spacial score (nSPS) is 24.1. The van der Waals surface area contributed by atoms with Crippen molar-refractivity contribution in [3.8, 4) is 0 Å². The van der Waals surface area contributed by atoms with Gasteiger partial charge in [0.15, 0.2) is 0 Å². The predicted molar refractivity (Wildman–Crippen MR) is 83.4 cm³/mol. The minimum absolute atomic E-state index is 0.148. The Bertz CT molecular complexity index is 458. The second-order valence-electron chi connectivity index (χ2n) is 6.71. The van der Waals surface area contributed by atoms with E-state index in [2.05, 4.69) is 0 Å². The number of nitrogens with two attached hydrogens (primary N) is 1. The first-order valence-corrected chi connectivity index (χ1v) is 8.62. The minimum atomic E-state index is -0.148. The van der Waals surface area contributed by atoms with Gasteiger partial charge in [-0.25, -0.2) is 4.39 Å². The van der Waals surface area contributed by atoms with Crippen LogP contribution in [-0.4, -0.2) is 11.3 Å². The zero-order valence-electron chi connectivity index (χ0n) is 12.0. The van der Waals surface area contributed by atoms with Crippen molar-refractivity contribution in [3.63, 3.8) is 0 Å². The van der Waals surface area contributed by atoms with Gasteiger partial charge >= 0.3 is 0 Å². The van der Waals surface area contributed by atoms with E-state index in [1.165, 1.54) is 57.4 Å². The molecule has 20 heavy (non-hydrogen) atoms. The van der Waals surface area contributed by atoms with Gasteiger partial charge in [0.1, 0.15) is 5.82 Å².